The highest BCUT2D eigenvalue weighted by Gasteiger charge is 2.10. The fourth-order valence-electron chi connectivity index (χ4n) is 1.76. The van der Waals surface area contributed by atoms with Gasteiger partial charge in [0.2, 0.25) is 0 Å². The van der Waals surface area contributed by atoms with Crippen LogP contribution in [0.15, 0.2) is 34.8 Å². The third-order valence-corrected chi connectivity index (χ3v) is 3.32. The van der Waals surface area contributed by atoms with Crippen LogP contribution in [0.25, 0.3) is 0 Å². The lowest BCUT2D eigenvalue weighted by molar-refractivity contribution is 0.814. The molecular weight excluding hydrogens is 276 g/mol. The lowest BCUT2D eigenvalue weighted by Crippen LogP contribution is -2.24. The molecule has 3 heteroatoms. The molecule has 0 spiro atoms. The van der Waals surface area contributed by atoms with Crippen LogP contribution in [-0.2, 0) is 0 Å². The van der Waals surface area contributed by atoms with Gasteiger partial charge in [-0.1, -0.05) is 18.2 Å². The maximum Gasteiger partial charge on any atom is 0.0513 e. The van der Waals surface area contributed by atoms with Crippen LogP contribution in [0.4, 0.5) is 5.69 Å². The van der Waals surface area contributed by atoms with Gasteiger partial charge in [0, 0.05) is 23.6 Å². The maximum absolute atomic E-state index is 5.87. The summed E-state index contributed by atoms with van der Waals surface area (Å²) in [6.07, 6.45) is 0. The molecule has 0 bridgehead atoms. The van der Waals surface area contributed by atoms with Crippen molar-refractivity contribution in [2.24, 2.45) is 5.73 Å². The molecule has 17 heavy (non-hydrogen) atoms. The number of halogens is 1. The summed E-state index contributed by atoms with van der Waals surface area (Å²) in [6, 6.07) is 6.37. The highest BCUT2D eigenvalue weighted by atomic mass is 79.9. The van der Waals surface area contributed by atoms with Gasteiger partial charge in [0.1, 0.15) is 0 Å². The number of nitrogens with two attached hydrogens (primary N) is 1. The van der Waals surface area contributed by atoms with E-state index in [1.54, 1.807) is 0 Å². The van der Waals surface area contributed by atoms with Gasteiger partial charge in [-0.25, -0.2) is 0 Å². The summed E-state index contributed by atoms with van der Waals surface area (Å²) in [6.45, 7) is 12.0. The Morgan fingerprint density at radius 1 is 1.53 bits per heavy atom. The molecule has 0 aliphatic carbocycles. The van der Waals surface area contributed by atoms with Crippen molar-refractivity contribution in [1.29, 1.82) is 0 Å². The zero-order chi connectivity index (χ0) is 13.0. The van der Waals surface area contributed by atoms with Gasteiger partial charge in [-0.15, -0.1) is 0 Å². The minimum absolute atomic E-state index is 0.0663. The Hall–Kier alpha value is -0.800. The van der Waals surface area contributed by atoms with Crippen molar-refractivity contribution in [3.05, 3.63) is 40.4 Å². The number of hydrogen-bond donors (Lipinski definition) is 1. The van der Waals surface area contributed by atoms with Crippen LogP contribution in [0.5, 0.6) is 0 Å². The predicted molar refractivity (Wildman–Crippen MR) is 79.4 cm³/mol. The van der Waals surface area contributed by atoms with E-state index in [-0.39, 0.29) is 6.04 Å². The fourth-order valence-corrected chi connectivity index (χ4v) is 2.40. The van der Waals surface area contributed by atoms with Crippen LogP contribution in [0.1, 0.15) is 32.4 Å². The second kappa shape index (κ2) is 6.22. The standard InChI is InChI=1S/C14H21BrN2/c1-5-17(9-10(2)3)14-7-6-12(11(4)16)8-13(14)15/h6-8,11H,2,5,9,16H2,1,3-4H3/t11-/m0/s1. The van der Waals surface area contributed by atoms with Crippen molar-refractivity contribution >= 4 is 21.6 Å². The van der Waals surface area contributed by atoms with Gasteiger partial charge in [-0.3, -0.25) is 0 Å². The van der Waals surface area contributed by atoms with Crippen LogP contribution >= 0.6 is 15.9 Å². The molecule has 0 saturated heterocycles. The largest absolute Gasteiger partial charge is 0.367 e. The van der Waals surface area contributed by atoms with E-state index >= 15 is 0 Å². The normalized spacial score (nSPS) is 12.3. The van der Waals surface area contributed by atoms with Gasteiger partial charge in [-0.05, 0) is 54.4 Å². The third-order valence-electron chi connectivity index (χ3n) is 2.68. The Morgan fingerprint density at radius 3 is 2.59 bits per heavy atom. The highest BCUT2D eigenvalue weighted by molar-refractivity contribution is 9.10. The first-order chi connectivity index (χ1) is 7.95. The van der Waals surface area contributed by atoms with Gasteiger partial charge in [0.05, 0.1) is 5.69 Å². The Bertz CT molecular complexity index is 399. The van der Waals surface area contributed by atoms with Crippen molar-refractivity contribution in [1.82, 2.24) is 0 Å². The van der Waals surface area contributed by atoms with Crippen molar-refractivity contribution in [2.75, 3.05) is 18.0 Å². The van der Waals surface area contributed by atoms with Crippen LogP contribution in [0.3, 0.4) is 0 Å². The van der Waals surface area contributed by atoms with Crippen molar-refractivity contribution < 1.29 is 0 Å². The van der Waals surface area contributed by atoms with E-state index in [2.05, 4.69) is 52.5 Å². The lowest BCUT2D eigenvalue weighted by atomic mass is 10.1. The van der Waals surface area contributed by atoms with Crippen LogP contribution < -0.4 is 10.6 Å². The Balaban J connectivity index is 3.00. The molecule has 1 atom stereocenters. The summed E-state index contributed by atoms with van der Waals surface area (Å²) in [4.78, 5) is 2.29. The number of rotatable bonds is 5. The molecule has 0 aliphatic heterocycles. The van der Waals surface area contributed by atoms with Gasteiger partial charge >= 0.3 is 0 Å². The van der Waals surface area contributed by atoms with Crippen LogP contribution in [0.2, 0.25) is 0 Å². The van der Waals surface area contributed by atoms with Crippen molar-refractivity contribution in [2.45, 2.75) is 26.8 Å². The molecule has 1 aromatic rings. The molecule has 2 N–H and O–H groups in total. The summed E-state index contributed by atoms with van der Waals surface area (Å²) >= 11 is 3.62. The van der Waals surface area contributed by atoms with Crippen molar-refractivity contribution in [3.8, 4) is 0 Å². The van der Waals surface area contributed by atoms with Gasteiger partial charge in [0.15, 0.2) is 0 Å². The molecule has 0 heterocycles. The zero-order valence-electron chi connectivity index (χ0n) is 10.8. The minimum atomic E-state index is 0.0663. The highest BCUT2D eigenvalue weighted by Crippen LogP contribution is 2.29. The Labute approximate surface area is 113 Å². The summed E-state index contributed by atoms with van der Waals surface area (Å²) in [5.41, 5.74) is 9.38. The van der Waals surface area contributed by atoms with Crippen LogP contribution in [0, 0.1) is 0 Å². The molecule has 0 unspecified atom stereocenters. The van der Waals surface area contributed by atoms with E-state index in [4.69, 9.17) is 5.73 Å². The molecule has 1 rings (SSSR count). The molecule has 2 nitrogen and oxygen atoms in total. The number of nitrogens with zero attached hydrogens (tertiary/aromatic N) is 1. The predicted octanol–water partition coefficient (Wildman–Crippen LogP) is 3.87. The summed E-state index contributed by atoms with van der Waals surface area (Å²) in [7, 11) is 0. The Morgan fingerprint density at radius 2 is 2.18 bits per heavy atom. The molecule has 0 saturated carbocycles. The second-order valence-corrected chi connectivity index (χ2v) is 5.33. The topological polar surface area (TPSA) is 29.3 Å². The van der Waals surface area contributed by atoms with Gasteiger partial charge < -0.3 is 10.6 Å². The quantitative estimate of drug-likeness (QED) is 0.836. The van der Waals surface area contributed by atoms with E-state index in [0.29, 0.717) is 0 Å². The first-order valence-electron chi connectivity index (χ1n) is 5.90. The molecule has 0 aliphatic rings. The first kappa shape index (κ1) is 14.3. The van der Waals surface area contributed by atoms with E-state index in [1.165, 1.54) is 5.69 Å². The maximum atomic E-state index is 5.87. The van der Waals surface area contributed by atoms with Crippen molar-refractivity contribution in [3.63, 3.8) is 0 Å². The average molecular weight is 297 g/mol. The van der Waals surface area contributed by atoms with E-state index in [9.17, 15) is 0 Å². The average Bonchev–Trinajstić information content (AvgIpc) is 2.25. The summed E-state index contributed by atoms with van der Waals surface area (Å²) in [5, 5.41) is 0. The molecule has 0 amide bonds. The Kier molecular flexibility index (Phi) is 5.22. The molecule has 0 fully saturated rings. The number of anilines is 1. The fraction of sp³-hybridized carbons (Fsp3) is 0.429. The van der Waals surface area contributed by atoms with E-state index < -0.39 is 0 Å². The number of benzene rings is 1. The molecule has 1 aromatic carbocycles. The molecule has 0 radical (unpaired) electrons. The summed E-state index contributed by atoms with van der Waals surface area (Å²) < 4.78 is 1.09. The lowest BCUT2D eigenvalue weighted by Gasteiger charge is -2.25. The molecule has 0 aromatic heterocycles. The number of hydrogen-bond acceptors (Lipinski definition) is 2. The van der Waals surface area contributed by atoms with E-state index in [1.807, 2.05) is 13.8 Å². The van der Waals surface area contributed by atoms with Crippen LogP contribution in [-0.4, -0.2) is 13.1 Å². The number of likely N-dealkylation sites (N-methyl/N-ethyl adjacent to an activating group) is 1. The smallest absolute Gasteiger partial charge is 0.0513 e. The second-order valence-electron chi connectivity index (χ2n) is 4.47. The monoisotopic (exact) mass is 296 g/mol. The SMILES string of the molecule is C=C(C)CN(CC)c1ccc([C@H](C)N)cc1Br. The minimum Gasteiger partial charge on any atom is -0.367 e. The van der Waals surface area contributed by atoms with Gasteiger partial charge in [-0.2, -0.15) is 0 Å². The third kappa shape index (κ3) is 3.86. The first-order valence-corrected chi connectivity index (χ1v) is 6.69. The van der Waals surface area contributed by atoms with Gasteiger partial charge in [0.25, 0.3) is 0 Å². The summed E-state index contributed by atoms with van der Waals surface area (Å²) in [5.74, 6) is 0. The zero-order valence-corrected chi connectivity index (χ0v) is 12.4. The molecular formula is C14H21BrN2. The van der Waals surface area contributed by atoms with E-state index in [0.717, 1.165) is 28.7 Å². The molecule has 94 valence electrons.